The Morgan fingerprint density at radius 3 is 2.81 bits per heavy atom. The van der Waals surface area contributed by atoms with Crippen molar-refractivity contribution in [3.05, 3.63) is 41.2 Å². The van der Waals surface area contributed by atoms with Crippen LogP contribution < -0.4 is 0 Å². The van der Waals surface area contributed by atoms with Crippen molar-refractivity contribution in [2.75, 3.05) is 0 Å². The Morgan fingerprint density at radius 2 is 2.04 bits per heavy atom. The summed E-state index contributed by atoms with van der Waals surface area (Å²) in [6.45, 7) is 0. The van der Waals surface area contributed by atoms with Gasteiger partial charge in [-0.15, -0.1) is 5.10 Å². The molecule has 2 fully saturated rings. The molecule has 2 heterocycles. The lowest BCUT2D eigenvalue weighted by Gasteiger charge is -2.32. The number of amides is 1. The summed E-state index contributed by atoms with van der Waals surface area (Å²) < 4.78 is 1.48. The van der Waals surface area contributed by atoms with Gasteiger partial charge in [-0.05, 0) is 43.4 Å². The van der Waals surface area contributed by atoms with E-state index in [1.165, 1.54) is 15.8 Å². The van der Waals surface area contributed by atoms with Crippen LogP contribution in [-0.4, -0.2) is 49.0 Å². The number of nitrogens with zero attached hydrogens (tertiary/aromatic N) is 4. The smallest absolute Gasteiger partial charge is 0.326 e. The number of hydrogen-bond donors (Lipinski definition) is 1. The van der Waals surface area contributed by atoms with E-state index in [4.69, 9.17) is 11.6 Å². The van der Waals surface area contributed by atoms with Crippen LogP contribution in [0, 0.1) is 5.92 Å². The predicted molar refractivity (Wildman–Crippen MR) is 94.3 cm³/mol. The van der Waals surface area contributed by atoms with Crippen LogP contribution in [0.2, 0.25) is 5.02 Å². The number of likely N-dealkylation sites (tertiary alicyclic amines) is 1. The van der Waals surface area contributed by atoms with Crippen molar-refractivity contribution in [3.63, 3.8) is 0 Å². The highest BCUT2D eigenvalue weighted by molar-refractivity contribution is 6.30. The average Bonchev–Trinajstić information content (AvgIpc) is 3.26. The van der Waals surface area contributed by atoms with Gasteiger partial charge in [-0.3, -0.25) is 4.79 Å². The summed E-state index contributed by atoms with van der Waals surface area (Å²) in [5.74, 6) is -1.05. The SMILES string of the molecule is O=C(O)C1CC2CCCCC2N1C(=O)c1cn(-c2cccc(Cl)c2)nn1. The van der Waals surface area contributed by atoms with Crippen molar-refractivity contribution in [2.45, 2.75) is 44.2 Å². The minimum atomic E-state index is -0.949. The Kier molecular flexibility index (Phi) is 4.40. The lowest BCUT2D eigenvalue weighted by atomic mass is 9.84. The molecule has 1 saturated carbocycles. The summed E-state index contributed by atoms with van der Waals surface area (Å²) >= 11 is 6.00. The molecule has 1 N–H and O–H groups in total. The van der Waals surface area contributed by atoms with Crippen LogP contribution >= 0.6 is 11.6 Å². The second kappa shape index (κ2) is 6.72. The van der Waals surface area contributed by atoms with Crippen LogP contribution in [0.25, 0.3) is 5.69 Å². The number of halogens is 1. The molecule has 2 aliphatic rings. The fourth-order valence-electron chi connectivity index (χ4n) is 4.21. The van der Waals surface area contributed by atoms with E-state index in [2.05, 4.69) is 10.3 Å². The summed E-state index contributed by atoms with van der Waals surface area (Å²) in [6, 6.07) is 6.26. The molecule has 1 aliphatic heterocycles. The molecule has 2 aromatic rings. The van der Waals surface area contributed by atoms with E-state index in [-0.39, 0.29) is 23.6 Å². The normalized spacial score (nSPS) is 25.1. The quantitative estimate of drug-likeness (QED) is 0.892. The maximum absolute atomic E-state index is 13.0. The van der Waals surface area contributed by atoms with Crippen LogP contribution in [0.3, 0.4) is 0 Å². The number of aromatic nitrogens is 3. The first-order valence-electron chi connectivity index (χ1n) is 8.78. The van der Waals surface area contributed by atoms with Crippen LogP contribution in [0.4, 0.5) is 0 Å². The number of hydrogen-bond acceptors (Lipinski definition) is 4. The summed E-state index contributed by atoms with van der Waals surface area (Å²) in [5.41, 5.74) is 0.846. The van der Waals surface area contributed by atoms with E-state index in [0.717, 1.165) is 25.7 Å². The van der Waals surface area contributed by atoms with Crippen LogP contribution in [0.5, 0.6) is 0 Å². The van der Waals surface area contributed by atoms with Crippen molar-refractivity contribution >= 4 is 23.5 Å². The standard InChI is InChI=1S/C18H19ClN4O3/c19-12-5-3-6-13(9-12)22-10-14(20-21-22)17(24)23-15-7-2-1-4-11(15)8-16(23)18(25)26/h3,5-6,9-11,15-16H,1-2,4,7-8H2,(H,25,26). The lowest BCUT2D eigenvalue weighted by molar-refractivity contribution is -0.141. The van der Waals surface area contributed by atoms with Gasteiger partial charge in [0.05, 0.1) is 11.9 Å². The fraction of sp³-hybridized carbons (Fsp3) is 0.444. The Morgan fingerprint density at radius 1 is 1.23 bits per heavy atom. The number of carbonyl (C=O) groups excluding carboxylic acids is 1. The molecule has 26 heavy (non-hydrogen) atoms. The molecule has 1 aromatic heterocycles. The minimum absolute atomic E-state index is 0.0198. The summed E-state index contributed by atoms with van der Waals surface area (Å²) in [4.78, 5) is 26.3. The molecule has 1 aliphatic carbocycles. The topological polar surface area (TPSA) is 88.3 Å². The van der Waals surface area contributed by atoms with E-state index in [0.29, 0.717) is 17.1 Å². The highest BCUT2D eigenvalue weighted by Crippen LogP contribution is 2.40. The third-order valence-corrected chi connectivity index (χ3v) is 5.63. The summed E-state index contributed by atoms with van der Waals surface area (Å²) in [7, 11) is 0. The predicted octanol–water partition coefficient (Wildman–Crippen LogP) is 2.78. The highest BCUT2D eigenvalue weighted by atomic mass is 35.5. The third-order valence-electron chi connectivity index (χ3n) is 5.39. The second-order valence-corrected chi connectivity index (χ2v) is 7.38. The zero-order valence-electron chi connectivity index (χ0n) is 14.1. The Bertz CT molecular complexity index is 852. The number of carbonyl (C=O) groups is 2. The first-order chi connectivity index (χ1) is 12.5. The van der Waals surface area contributed by atoms with Crippen molar-refractivity contribution in [1.29, 1.82) is 0 Å². The van der Waals surface area contributed by atoms with Gasteiger partial charge in [-0.2, -0.15) is 0 Å². The Balaban J connectivity index is 1.63. The van der Waals surface area contributed by atoms with Gasteiger partial charge < -0.3 is 10.0 Å². The van der Waals surface area contributed by atoms with E-state index < -0.39 is 12.0 Å². The van der Waals surface area contributed by atoms with Gasteiger partial charge in [0.15, 0.2) is 5.69 Å². The zero-order chi connectivity index (χ0) is 18.3. The number of carboxylic acid groups (broad SMARTS) is 1. The van der Waals surface area contributed by atoms with Crippen molar-refractivity contribution in [2.24, 2.45) is 5.92 Å². The molecule has 1 amide bonds. The third kappa shape index (κ3) is 2.96. The van der Waals surface area contributed by atoms with Gasteiger partial charge in [0.2, 0.25) is 0 Å². The molecular formula is C18H19ClN4O3. The van der Waals surface area contributed by atoms with Gasteiger partial charge in [0.25, 0.3) is 5.91 Å². The lowest BCUT2D eigenvalue weighted by Crippen LogP contribution is -2.46. The molecule has 0 spiro atoms. The molecule has 4 rings (SSSR count). The number of benzene rings is 1. The van der Waals surface area contributed by atoms with Gasteiger partial charge in [0.1, 0.15) is 6.04 Å². The molecule has 3 unspecified atom stereocenters. The first kappa shape index (κ1) is 17.0. The number of carboxylic acids is 1. The molecule has 1 saturated heterocycles. The molecule has 0 bridgehead atoms. The number of rotatable bonds is 3. The Hall–Kier alpha value is -2.41. The molecule has 0 radical (unpaired) electrons. The van der Waals surface area contributed by atoms with Gasteiger partial charge >= 0.3 is 5.97 Å². The van der Waals surface area contributed by atoms with Crippen molar-refractivity contribution in [3.8, 4) is 5.69 Å². The number of aliphatic carboxylic acids is 1. The molecule has 1 aromatic carbocycles. The molecule has 7 nitrogen and oxygen atoms in total. The minimum Gasteiger partial charge on any atom is -0.480 e. The maximum Gasteiger partial charge on any atom is 0.326 e. The van der Waals surface area contributed by atoms with E-state index >= 15 is 0 Å². The van der Waals surface area contributed by atoms with Crippen LogP contribution in [-0.2, 0) is 4.79 Å². The monoisotopic (exact) mass is 374 g/mol. The second-order valence-electron chi connectivity index (χ2n) is 6.94. The largest absolute Gasteiger partial charge is 0.480 e. The van der Waals surface area contributed by atoms with E-state index in [1.54, 1.807) is 18.2 Å². The van der Waals surface area contributed by atoms with Gasteiger partial charge in [0, 0.05) is 11.1 Å². The van der Waals surface area contributed by atoms with E-state index in [1.807, 2.05) is 6.07 Å². The fourth-order valence-corrected chi connectivity index (χ4v) is 4.40. The summed E-state index contributed by atoms with van der Waals surface area (Å²) in [5, 5.41) is 18.1. The maximum atomic E-state index is 13.0. The molecule has 8 heteroatoms. The van der Waals surface area contributed by atoms with Crippen molar-refractivity contribution < 1.29 is 14.7 Å². The summed E-state index contributed by atoms with van der Waals surface area (Å²) in [6.07, 6.45) is 6.00. The van der Waals surface area contributed by atoms with Crippen LogP contribution in [0.1, 0.15) is 42.6 Å². The van der Waals surface area contributed by atoms with Gasteiger partial charge in [-0.25, -0.2) is 9.48 Å². The molecular weight excluding hydrogens is 356 g/mol. The molecule has 136 valence electrons. The van der Waals surface area contributed by atoms with Crippen LogP contribution in [0.15, 0.2) is 30.5 Å². The Labute approximate surface area is 155 Å². The number of fused-ring (bicyclic) bond motifs is 1. The zero-order valence-corrected chi connectivity index (χ0v) is 14.8. The van der Waals surface area contributed by atoms with Crippen molar-refractivity contribution in [1.82, 2.24) is 19.9 Å². The highest BCUT2D eigenvalue weighted by Gasteiger charge is 2.48. The average molecular weight is 375 g/mol. The van der Waals surface area contributed by atoms with E-state index in [9.17, 15) is 14.7 Å². The first-order valence-corrected chi connectivity index (χ1v) is 9.16. The van der Waals surface area contributed by atoms with Gasteiger partial charge in [-0.1, -0.05) is 35.7 Å². The molecule has 3 atom stereocenters.